The Kier molecular flexibility index (Phi) is 6.34. The summed E-state index contributed by atoms with van der Waals surface area (Å²) in [7, 11) is 0. The fraction of sp³-hybridized carbons (Fsp3) is 0.250. The number of benzene rings is 3. The Morgan fingerprint density at radius 3 is 2.43 bits per heavy atom. The standard InChI is InChI=1S/C28H27N3O3S/c1-4-34-27(33)24-25(20-13-15-21(35-3)16-14-20)31-23-8-6-5-7-22(23)29-28(31)30(26(24)32)17-19-11-9-18(2)10-12-19/h5-16,24-25H,4,17H2,1-3H3/t24-,25-/m0/s1. The van der Waals surface area contributed by atoms with Crippen LogP contribution >= 0.6 is 11.8 Å². The fourth-order valence-electron chi connectivity index (χ4n) is 4.68. The van der Waals surface area contributed by atoms with Crippen LogP contribution in [-0.4, -0.2) is 34.3 Å². The zero-order valence-corrected chi connectivity index (χ0v) is 20.8. The van der Waals surface area contributed by atoms with Gasteiger partial charge in [0, 0.05) is 4.90 Å². The highest BCUT2D eigenvalue weighted by Crippen LogP contribution is 2.42. The van der Waals surface area contributed by atoms with Gasteiger partial charge in [-0.3, -0.25) is 14.5 Å². The van der Waals surface area contributed by atoms with Gasteiger partial charge in [-0.05, 0) is 55.5 Å². The molecule has 2 heterocycles. The molecule has 0 saturated carbocycles. The van der Waals surface area contributed by atoms with E-state index in [0.29, 0.717) is 12.5 Å². The first-order valence-electron chi connectivity index (χ1n) is 11.7. The Morgan fingerprint density at radius 2 is 1.74 bits per heavy atom. The van der Waals surface area contributed by atoms with Crippen molar-refractivity contribution in [3.05, 3.63) is 89.5 Å². The van der Waals surface area contributed by atoms with Crippen molar-refractivity contribution in [2.75, 3.05) is 17.8 Å². The molecule has 178 valence electrons. The van der Waals surface area contributed by atoms with Crippen LogP contribution in [0.2, 0.25) is 0 Å². The Balaban J connectivity index is 1.72. The molecule has 5 rings (SSSR count). The number of para-hydroxylation sites is 2. The molecule has 0 spiro atoms. The van der Waals surface area contributed by atoms with Crippen molar-refractivity contribution in [1.29, 1.82) is 0 Å². The van der Waals surface area contributed by atoms with Crippen LogP contribution in [0.5, 0.6) is 0 Å². The quantitative estimate of drug-likeness (QED) is 0.208. The minimum atomic E-state index is -1.02. The lowest BCUT2D eigenvalue weighted by Gasteiger charge is -2.38. The van der Waals surface area contributed by atoms with Gasteiger partial charge in [-0.1, -0.05) is 54.1 Å². The third-order valence-electron chi connectivity index (χ3n) is 6.40. The molecule has 35 heavy (non-hydrogen) atoms. The van der Waals surface area contributed by atoms with E-state index in [1.54, 1.807) is 23.6 Å². The number of thioether (sulfide) groups is 1. The highest BCUT2D eigenvalue weighted by atomic mass is 32.2. The molecule has 0 N–H and O–H groups in total. The number of anilines is 1. The molecule has 1 amide bonds. The van der Waals surface area contributed by atoms with E-state index in [0.717, 1.165) is 32.6 Å². The molecule has 0 saturated heterocycles. The molecule has 1 aliphatic heterocycles. The number of hydrogen-bond acceptors (Lipinski definition) is 5. The van der Waals surface area contributed by atoms with Crippen molar-refractivity contribution in [3.8, 4) is 0 Å². The Morgan fingerprint density at radius 1 is 1.03 bits per heavy atom. The number of fused-ring (bicyclic) bond motifs is 3. The number of aromatic nitrogens is 2. The number of carbonyl (C=O) groups is 2. The van der Waals surface area contributed by atoms with Crippen molar-refractivity contribution < 1.29 is 14.3 Å². The van der Waals surface area contributed by atoms with Crippen molar-refractivity contribution >= 4 is 40.6 Å². The van der Waals surface area contributed by atoms with Crippen LogP contribution in [0.1, 0.15) is 29.7 Å². The summed E-state index contributed by atoms with van der Waals surface area (Å²) < 4.78 is 7.47. The smallest absolute Gasteiger partial charge is 0.321 e. The van der Waals surface area contributed by atoms with Gasteiger partial charge in [0.1, 0.15) is 0 Å². The summed E-state index contributed by atoms with van der Waals surface area (Å²) in [5.41, 5.74) is 4.63. The van der Waals surface area contributed by atoms with E-state index >= 15 is 0 Å². The van der Waals surface area contributed by atoms with Crippen molar-refractivity contribution in [3.63, 3.8) is 0 Å². The van der Waals surface area contributed by atoms with Gasteiger partial charge in [0.15, 0.2) is 5.92 Å². The first kappa shape index (κ1) is 23.2. The zero-order valence-electron chi connectivity index (χ0n) is 20.0. The maximum atomic E-state index is 14.0. The van der Waals surface area contributed by atoms with Gasteiger partial charge < -0.3 is 9.30 Å². The molecule has 1 aliphatic rings. The van der Waals surface area contributed by atoms with E-state index in [-0.39, 0.29) is 12.5 Å². The molecular formula is C28H27N3O3S. The normalized spacial score (nSPS) is 17.5. The van der Waals surface area contributed by atoms with Crippen LogP contribution < -0.4 is 4.90 Å². The monoisotopic (exact) mass is 485 g/mol. The number of hydrogen-bond donors (Lipinski definition) is 0. The van der Waals surface area contributed by atoms with Gasteiger partial charge in [-0.2, -0.15) is 0 Å². The van der Waals surface area contributed by atoms with Crippen LogP contribution in [0.3, 0.4) is 0 Å². The molecule has 0 fully saturated rings. The average molecular weight is 486 g/mol. The number of rotatable bonds is 6. The first-order valence-corrected chi connectivity index (χ1v) is 12.9. The summed E-state index contributed by atoms with van der Waals surface area (Å²) in [6, 6.07) is 23.3. The summed E-state index contributed by atoms with van der Waals surface area (Å²) in [5, 5.41) is 0. The van der Waals surface area contributed by atoms with Crippen LogP contribution in [0, 0.1) is 12.8 Å². The SMILES string of the molecule is CCOC(=O)[C@@H]1C(=O)N(Cc2ccc(C)cc2)c2nc3ccccc3n2[C@H]1c1ccc(SC)cc1. The van der Waals surface area contributed by atoms with Gasteiger partial charge in [-0.25, -0.2) is 4.98 Å². The lowest BCUT2D eigenvalue weighted by molar-refractivity contribution is -0.153. The second-order valence-electron chi connectivity index (χ2n) is 8.63. The summed E-state index contributed by atoms with van der Waals surface area (Å²) in [4.78, 5) is 34.9. The van der Waals surface area contributed by atoms with Crippen LogP contribution in [0.4, 0.5) is 5.95 Å². The van der Waals surface area contributed by atoms with E-state index in [2.05, 4.69) is 0 Å². The molecule has 0 radical (unpaired) electrons. The third-order valence-corrected chi connectivity index (χ3v) is 7.15. The largest absolute Gasteiger partial charge is 0.465 e. The zero-order chi connectivity index (χ0) is 24.5. The van der Waals surface area contributed by atoms with Crippen molar-refractivity contribution in [2.24, 2.45) is 5.92 Å². The summed E-state index contributed by atoms with van der Waals surface area (Å²) in [5.74, 6) is -1.30. The third kappa shape index (κ3) is 4.21. The van der Waals surface area contributed by atoms with Crippen LogP contribution in [0.25, 0.3) is 11.0 Å². The number of carbonyl (C=O) groups excluding carboxylic acids is 2. The number of amides is 1. The predicted molar refractivity (Wildman–Crippen MR) is 139 cm³/mol. The minimum absolute atomic E-state index is 0.205. The molecular weight excluding hydrogens is 458 g/mol. The lowest BCUT2D eigenvalue weighted by atomic mass is 9.89. The number of aryl methyl sites for hydroxylation is 1. The molecule has 4 aromatic rings. The van der Waals surface area contributed by atoms with Crippen LogP contribution in [-0.2, 0) is 20.9 Å². The van der Waals surface area contributed by atoms with E-state index in [9.17, 15) is 9.59 Å². The van der Waals surface area contributed by atoms with E-state index in [1.165, 1.54) is 0 Å². The highest BCUT2D eigenvalue weighted by molar-refractivity contribution is 7.98. The molecule has 0 aliphatic carbocycles. The van der Waals surface area contributed by atoms with Gasteiger partial charge in [0.2, 0.25) is 11.9 Å². The van der Waals surface area contributed by atoms with Gasteiger partial charge >= 0.3 is 5.97 Å². The lowest BCUT2D eigenvalue weighted by Crippen LogP contribution is -2.49. The van der Waals surface area contributed by atoms with E-state index in [4.69, 9.17) is 9.72 Å². The number of ether oxygens (including phenoxy) is 1. The highest BCUT2D eigenvalue weighted by Gasteiger charge is 2.47. The summed E-state index contributed by atoms with van der Waals surface area (Å²) >= 11 is 1.65. The second kappa shape index (κ2) is 9.58. The molecule has 2 atom stereocenters. The maximum absolute atomic E-state index is 14.0. The van der Waals surface area contributed by atoms with Crippen molar-refractivity contribution in [2.45, 2.75) is 31.3 Å². The van der Waals surface area contributed by atoms with Crippen LogP contribution in [0.15, 0.2) is 77.7 Å². The maximum Gasteiger partial charge on any atom is 0.321 e. The molecule has 0 unspecified atom stereocenters. The Labute approximate surface area is 208 Å². The van der Waals surface area contributed by atoms with Crippen molar-refractivity contribution in [1.82, 2.24) is 9.55 Å². The first-order chi connectivity index (χ1) is 17.0. The van der Waals surface area contributed by atoms with Gasteiger partial charge in [-0.15, -0.1) is 11.8 Å². The Hall–Kier alpha value is -3.58. The minimum Gasteiger partial charge on any atom is -0.465 e. The number of imidazole rings is 1. The summed E-state index contributed by atoms with van der Waals surface area (Å²) in [6.45, 7) is 4.31. The number of esters is 1. The number of nitrogens with zero attached hydrogens (tertiary/aromatic N) is 3. The molecule has 0 bridgehead atoms. The Bertz CT molecular complexity index is 1380. The molecule has 7 heteroatoms. The summed E-state index contributed by atoms with van der Waals surface area (Å²) in [6.07, 6.45) is 2.02. The fourth-order valence-corrected chi connectivity index (χ4v) is 5.08. The van der Waals surface area contributed by atoms with E-state index in [1.807, 2.05) is 90.5 Å². The topological polar surface area (TPSA) is 64.4 Å². The van der Waals surface area contributed by atoms with E-state index < -0.39 is 17.9 Å². The average Bonchev–Trinajstić information content (AvgIpc) is 3.26. The second-order valence-corrected chi connectivity index (χ2v) is 9.51. The molecule has 6 nitrogen and oxygen atoms in total. The van der Waals surface area contributed by atoms with Gasteiger partial charge in [0.05, 0.1) is 30.2 Å². The predicted octanol–water partition coefficient (Wildman–Crippen LogP) is 5.38. The molecule has 1 aromatic heterocycles. The van der Waals surface area contributed by atoms with Gasteiger partial charge in [0.25, 0.3) is 0 Å². The molecule has 3 aromatic carbocycles.